The average Bonchev–Trinajstić information content (AvgIpc) is 2.36. The van der Waals surface area contributed by atoms with Gasteiger partial charge in [0.2, 0.25) is 5.82 Å². The van der Waals surface area contributed by atoms with Gasteiger partial charge in [-0.25, -0.2) is 4.98 Å². The van der Waals surface area contributed by atoms with Crippen LogP contribution in [-0.4, -0.2) is 9.97 Å². The minimum absolute atomic E-state index is 0.0247. The van der Waals surface area contributed by atoms with Gasteiger partial charge in [0.25, 0.3) is 5.56 Å². The molecular formula is C15H15F3N2O. The summed E-state index contributed by atoms with van der Waals surface area (Å²) in [5.74, 6) is -0.850. The van der Waals surface area contributed by atoms with Gasteiger partial charge in [-0.15, -0.1) is 0 Å². The Labute approximate surface area is 119 Å². The molecule has 0 bridgehead atoms. The summed E-state index contributed by atoms with van der Waals surface area (Å²) in [6.07, 6.45) is -3.87. The Balaban J connectivity index is 2.47. The van der Waals surface area contributed by atoms with Gasteiger partial charge >= 0.3 is 6.18 Å². The summed E-state index contributed by atoms with van der Waals surface area (Å²) in [6.45, 7) is 4.11. The van der Waals surface area contributed by atoms with Crippen molar-refractivity contribution in [2.75, 3.05) is 0 Å². The van der Waals surface area contributed by atoms with Crippen LogP contribution in [0.1, 0.15) is 25.2 Å². The Hall–Kier alpha value is -2.11. The van der Waals surface area contributed by atoms with Crippen LogP contribution in [0.25, 0.3) is 11.3 Å². The van der Waals surface area contributed by atoms with Crippen molar-refractivity contribution < 1.29 is 13.2 Å². The molecule has 2 aromatic rings. The smallest absolute Gasteiger partial charge is 0.303 e. The molecule has 0 spiro atoms. The minimum atomic E-state index is -4.68. The van der Waals surface area contributed by atoms with Gasteiger partial charge in [0.15, 0.2) is 0 Å². The van der Waals surface area contributed by atoms with E-state index in [-0.39, 0.29) is 5.69 Å². The second-order valence-corrected chi connectivity index (χ2v) is 5.28. The van der Waals surface area contributed by atoms with Gasteiger partial charge < -0.3 is 4.98 Å². The summed E-state index contributed by atoms with van der Waals surface area (Å²) in [4.78, 5) is 16.6. The first-order chi connectivity index (χ1) is 9.75. The fourth-order valence-corrected chi connectivity index (χ4v) is 2.07. The quantitative estimate of drug-likeness (QED) is 0.939. The predicted molar refractivity (Wildman–Crippen MR) is 73.8 cm³/mol. The molecule has 1 aromatic heterocycles. The minimum Gasteiger partial charge on any atom is -0.303 e. The summed E-state index contributed by atoms with van der Waals surface area (Å²) in [7, 11) is 0. The zero-order valence-corrected chi connectivity index (χ0v) is 11.7. The molecule has 21 heavy (non-hydrogen) atoms. The maximum absolute atomic E-state index is 12.7. The maximum Gasteiger partial charge on any atom is 0.449 e. The van der Waals surface area contributed by atoms with Gasteiger partial charge in [-0.1, -0.05) is 32.0 Å². The predicted octanol–water partition coefficient (Wildman–Crippen LogP) is 3.65. The molecule has 2 rings (SSSR count). The second kappa shape index (κ2) is 5.71. The first kappa shape index (κ1) is 15.3. The SMILES string of the molecule is CC(C)Cc1cccc(-c2cc(=O)[nH]c(C(F)(F)F)n2)c1. The lowest BCUT2D eigenvalue weighted by Gasteiger charge is -2.09. The first-order valence-electron chi connectivity index (χ1n) is 6.53. The highest BCUT2D eigenvalue weighted by Gasteiger charge is 2.34. The van der Waals surface area contributed by atoms with Crippen molar-refractivity contribution in [1.29, 1.82) is 0 Å². The number of halogens is 3. The van der Waals surface area contributed by atoms with Crippen LogP contribution in [0.15, 0.2) is 35.1 Å². The normalized spacial score (nSPS) is 11.9. The fraction of sp³-hybridized carbons (Fsp3) is 0.333. The zero-order valence-electron chi connectivity index (χ0n) is 11.7. The molecule has 6 heteroatoms. The molecule has 0 aliphatic carbocycles. The summed E-state index contributed by atoms with van der Waals surface area (Å²) >= 11 is 0. The van der Waals surface area contributed by atoms with Crippen molar-refractivity contribution in [2.24, 2.45) is 5.92 Å². The Bertz CT molecular complexity index is 690. The highest BCUT2D eigenvalue weighted by atomic mass is 19.4. The lowest BCUT2D eigenvalue weighted by atomic mass is 10.00. The number of nitrogens with zero attached hydrogens (tertiary/aromatic N) is 1. The summed E-state index contributed by atoms with van der Waals surface area (Å²) in [5.41, 5.74) is 0.709. The van der Waals surface area contributed by atoms with E-state index in [4.69, 9.17) is 0 Å². The van der Waals surface area contributed by atoms with Gasteiger partial charge in [0, 0.05) is 11.6 Å². The number of alkyl halides is 3. The van der Waals surface area contributed by atoms with E-state index >= 15 is 0 Å². The Morgan fingerprint density at radius 2 is 1.95 bits per heavy atom. The number of nitrogens with one attached hydrogen (secondary N) is 1. The highest BCUT2D eigenvalue weighted by molar-refractivity contribution is 5.59. The molecule has 0 atom stereocenters. The van der Waals surface area contributed by atoms with Crippen molar-refractivity contribution in [2.45, 2.75) is 26.4 Å². The van der Waals surface area contributed by atoms with E-state index in [1.807, 2.05) is 6.07 Å². The Morgan fingerprint density at radius 1 is 1.24 bits per heavy atom. The molecule has 0 saturated carbocycles. The first-order valence-corrected chi connectivity index (χ1v) is 6.53. The molecule has 1 heterocycles. The third kappa shape index (κ3) is 3.93. The van der Waals surface area contributed by atoms with Crippen LogP contribution < -0.4 is 5.56 Å². The molecule has 0 aliphatic rings. The maximum atomic E-state index is 12.7. The van der Waals surface area contributed by atoms with Crippen molar-refractivity contribution in [3.8, 4) is 11.3 Å². The molecule has 0 saturated heterocycles. The van der Waals surface area contributed by atoms with Crippen molar-refractivity contribution in [1.82, 2.24) is 9.97 Å². The number of H-pyrrole nitrogens is 1. The third-order valence-electron chi connectivity index (χ3n) is 2.88. The van der Waals surface area contributed by atoms with Crippen LogP contribution in [0, 0.1) is 5.92 Å². The summed E-state index contributed by atoms with van der Waals surface area (Å²) in [5, 5.41) is 0. The lowest BCUT2D eigenvalue weighted by Crippen LogP contribution is -2.18. The molecule has 112 valence electrons. The second-order valence-electron chi connectivity index (χ2n) is 5.28. The summed E-state index contributed by atoms with van der Waals surface area (Å²) < 4.78 is 38.0. The van der Waals surface area contributed by atoms with E-state index in [9.17, 15) is 18.0 Å². The monoisotopic (exact) mass is 296 g/mol. The Morgan fingerprint density at radius 3 is 2.57 bits per heavy atom. The van der Waals surface area contributed by atoms with E-state index in [0.717, 1.165) is 18.1 Å². The molecular weight excluding hydrogens is 281 g/mol. The van der Waals surface area contributed by atoms with E-state index in [1.54, 1.807) is 23.2 Å². The largest absolute Gasteiger partial charge is 0.449 e. The van der Waals surface area contributed by atoms with Gasteiger partial charge in [-0.05, 0) is 24.0 Å². The average molecular weight is 296 g/mol. The van der Waals surface area contributed by atoms with Crippen LogP contribution in [-0.2, 0) is 12.6 Å². The molecule has 0 amide bonds. The lowest BCUT2D eigenvalue weighted by molar-refractivity contribution is -0.145. The van der Waals surface area contributed by atoms with E-state index < -0.39 is 17.6 Å². The molecule has 0 unspecified atom stereocenters. The molecule has 0 fully saturated rings. The highest BCUT2D eigenvalue weighted by Crippen LogP contribution is 2.27. The van der Waals surface area contributed by atoms with Gasteiger partial charge in [0.1, 0.15) is 0 Å². The van der Waals surface area contributed by atoms with Crippen LogP contribution in [0.2, 0.25) is 0 Å². The van der Waals surface area contributed by atoms with Crippen LogP contribution in [0.4, 0.5) is 13.2 Å². The van der Waals surface area contributed by atoms with Crippen molar-refractivity contribution in [3.63, 3.8) is 0 Å². The van der Waals surface area contributed by atoms with Gasteiger partial charge in [-0.3, -0.25) is 4.79 Å². The van der Waals surface area contributed by atoms with E-state index in [0.29, 0.717) is 11.5 Å². The molecule has 0 radical (unpaired) electrons. The number of rotatable bonds is 3. The molecule has 1 aromatic carbocycles. The Kier molecular flexibility index (Phi) is 4.16. The number of hydrogen-bond donors (Lipinski definition) is 1. The summed E-state index contributed by atoms with van der Waals surface area (Å²) in [6, 6.07) is 8.14. The van der Waals surface area contributed by atoms with Crippen LogP contribution in [0.5, 0.6) is 0 Å². The van der Waals surface area contributed by atoms with E-state index in [1.165, 1.54) is 0 Å². The fourth-order valence-electron chi connectivity index (χ4n) is 2.07. The molecule has 3 nitrogen and oxygen atoms in total. The standard InChI is InChI=1S/C15H15F3N2O/c1-9(2)6-10-4-3-5-11(7-10)12-8-13(21)20-14(19-12)15(16,17)18/h3-5,7-9H,6H2,1-2H3,(H,19,20,21). The van der Waals surface area contributed by atoms with Gasteiger partial charge in [0.05, 0.1) is 5.69 Å². The number of aromatic nitrogens is 2. The van der Waals surface area contributed by atoms with Crippen molar-refractivity contribution >= 4 is 0 Å². The van der Waals surface area contributed by atoms with Crippen molar-refractivity contribution in [3.05, 3.63) is 52.1 Å². The van der Waals surface area contributed by atoms with E-state index in [2.05, 4.69) is 18.8 Å². The number of aromatic amines is 1. The van der Waals surface area contributed by atoms with Gasteiger partial charge in [-0.2, -0.15) is 13.2 Å². The van der Waals surface area contributed by atoms with Crippen LogP contribution >= 0.6 is 0 Å². The molecule has 1 N–H and O–H groups in total. The number of hydrogen-bond acceptors (Lipinski definition) is 2. The number of benzene rings is 1. The van der Waals surface area contributed by atoms with Crippen LogP contribution in [0.3, 0.4) is 0 Å². The zero-order chi connectivity index (χ0) is 15.6. The topological polar surface area (TPSA) is 45.8 Å². The third-order valence-corrected chi connectivity index (χ3v) is 2.88. The molecule has 0 aliphatic heterocycles.